The van der Waals surface area contributed by atoms with E-state index in [0.29, 0.717) is 11.8 Å². The van der Waals surface area contributed by atoms with Crippen LogP contribution in [0.15, 0.2) is 30.3 Å². The zero-order valence-corrected chi connectivity index (χ0v) is 10.8. The molecule has 94 valence electrons. The van der Waals surface area contributed by atoms with Crippen LogP contribution in [0.2, 0.25) is 0 Å². The van der Waals surface area contributed by atoms with E-state index in [4.69, 9.17) is 9.47 Å². The van der Waals surface area contributed by atoms with Gasteiger partial charge in [0, 0.05) is 18.9 Å². The van der Waals surface area contributed by atoms with Crippen molar-refractivity contribution in [1.29, 1.82) is 0 Å². The second-order valence-electron chi connectivity index (χ2n) is 4.64. The molecule has 1 aromatic rings. The Morgan fingerprint density at radius 2 is 2.00 bits per heavy atom. The lowest BCUT2D eigenvalue weighted by Gasteiger charge is -2.35. The molecule has 1 aromatic carbocycles. The number of benzene rings is 1. The molecule has 1 aliphatic rings. The maximum Gasteiger partial charge on any atom is 0.157 e. The highest BCUT2D eigenvalue weighted by molar-refractivity contribution is 5.20. The summed E-state index contributed by atoms with van der Waals surface area (Å²) in [6.45, 7) is 5.80. The minimum atomic E-state index is 0.00455. The summed E-state index contributed by atoms with van der Waals surface area (Å²) in [7, 11) is 0. The lowest BCUT2D eigenvalue weighted by atomic mass is 9.81. The van der Waals surface area contributed by atoms with Crippen LogP contribution in [0.25, 0.3) is 0 Å². The molecule has 0 aromatic heterocycles. The van der Waals surface area contributed by atoms with E-state index in [9.17, 15) is 0 Å². The fraction of sp³-hybridized carbons (Fsp3) is 0.600. The summed E-state index contributed by atoms with van der Waals surface area (Å²) < 4.78 is 11.4. The van der Waals surface area contributed by atoms with E-state index in [1.165, 1.54) is 12.0 Å². The minimum absolute atomic E-state index is 0.00455. The van der Waals surface area contributed by atoms with Crippen LogP contribution in [-0.2, 0) is 9.47 Å². The molecule has 3 atom stereocenters. The summed E-state index contributed by atoms with van der Waals surface area (Å²) in [5.74, 6) is 1.20. The zero-order valence-electron chi connectivity index (χ0n) is 10.8. The van der Waals surface area contributed by atoms with E-state index in [1.54, 1.807) is 0 Å². The molecule has 0 saturated carbocycles. The molecular formula is C15H22O2. The molecule has 17 heavy (non-hydrogen) atoms. The van der Waals surface area contributed by atoms with Crippen molar-refractivity contribution in [2.75, 3.05) is 13.2 Å². The molecule has 1 saturated heterocycles. The molecule has 0 aliphatic carbocycles. The van der Waals surface area contributed by atoms with Gasteiger partial charge in [-0.25, -0.2) is 0 Å². The summed E-state index contributed by atoms with van der Waals surface area (Å²) in [6.07, 6.45) is 2.21. The fourth-order valence-electron chi connectivity index (χ4n) is 2.65. The molecule has 1 unspecified atom stereocenters. The van der Waals surface area contributed by atoms with Crippen molar-refractivity contribution in [2.24, 2.45) is 5.92 Å². The van der Waals surface area contributed by atoms with Crippen LogP contribution in [0, 0.1) is 5.92 Å². The van der Waals surface area contributed by atoms with Gasteiger partial charge in [0.15, 0.2) is 6.29 Å². The van der Waals surface area contributed by atoms with Crippen molar-refractivity contribution in [1.82, 2.24) is 0 Å². The molecule has 1 aliphatic heterocycles. The summed E-state index contributed by atoms with van der Waals surface area (Å²) in [4.78, 5) is 0. The van der Waals surface area contributed by atoms with Crippen LogP contribution in [0.1, 0.15) is 38.2 Å². The third-order valence-corrected chi connectivity index (χ3v) is 3.63. The van der Waals surface area contributed by atoms with E-state index in [-0.39, 0.29) is 6.29 Å². The normalized spacial score (nSPS) is 29.2. The maximum absolute atomic E-state index is 5.80. The number of ether oxygens (including phenoxy) is 2. The summed E-state index contributed by atoms with van der Waals surface area (Å²) in [6, 6.07) is 10.7. The SMILES string of the molecule is CCOC1C[C@@H](CC)[C@H](c2ccccc2)CO1. The Morgan fingerprint density at radius 3 is 2.65 bits per heavy atom. The first-order chi connectivity index (χ1) is 8.35. The Labute approximate surface area is 104 Å². The van der Waals surface area contributed by atoms with Crippen LogP contribution in [0.3, 0.4) is 0 Å². The number of rotatable bonds is 4. The van der Waals surface area contributed by atoms with Crippen LogP contribution >= 0.6 is 0 Å². The zero-order chi connectivity index (χ0) is 12.1. The van der Waals surface area contributed by atoms with Gasteiger partial charge >= 0.3 is 0 Å². The lowest BCUT2D eigenvalue weighted by Crippen LogP contribution is -2.33. The van der Waals surface area contributed by atoms with Gasteiger partial charge < -0.3 is 9.47 Å². The minimum Gasteiger partial charge on any atom is -0.353 e. The Balaban J connectivity index is 2.04. The van der Waals surface area contributed by atoms with E-state index < -0.39 is 0 Å². The van der Waals surface area contributed by atoms with Crippen molar-refractivity contribution >= 4 is 0 Å². The first kappa shape index (κ1) is 12.6. The smallest absolute Gasteiger partial charge is 0.157 e. The molecule has 1 heterocycles. The van der Waals surface area contributed by atoms with Gasteiger partial charge in [-0.05, 0) is 18.4 Å². The largest absolute Gasteiger partial charge is 0.353 e. The number of hydrogen-bond donors (Lipinski definition) is 0. The van der Waals surface area contributed by atoms with Crippen LogP contribution in [-0.4, -0.2) is 19.5 Å². The number of hydrogen-bond acceptors (Lipinski definition) is 2. The molecule has 2 heteroatoms. The second-order valence-corrected chi connectivity index (χ2v) is 4.64. The van der Waals surface area contributed by atoms with E-state index >= 15 is 0 Å². The van der Waals surface area contributed by atoms with Gasteiger partial charge in [-0.3, -0.25) is 0 Å². The third kappa shape index (κ3) is 3.08. The van der Waals surface area contributed by atoms with Crippen LogP contribution in [0.5, 0.6) is 0 Å². The monoisotopic (exact) mass is 234 g/mol. The van der Waals surface area contributed by atoms with Gasteiger partial charge in [-0.15, -0.1) is 0 Å². The van der Waals surface area contributed by atoms with Crippen molar-refractivity contribution in [3.63, 3.8) is 0 Å². The van der Waals surface area contributed by atoms with Gasteiger partial charge in [-0.2, -0.15) is 0 Å². The third-order valence-electron chi connectivity index (χ3n) is 3.63. The lowest BCUT2D eigenvalue weighted by molar-refractivity contribution is -0.178. The van der Waals surface area contributed by atoms with Crippen molar-refractivity contribution in [3.8, 4) is 0 Å². The predicted octanol–water partition coefficient (Wildman–Crippen LogP) is 3.58. The molecule has 0 N–H and O–H groups in total. The molecular weight excluding hydrogens is 212 g/mol. The highest BCUT2D eigenvalue weighted by Crippen LogP contribution is 2.35. The van der Waals surface area contributed by atoms with Crippen molar-refractivity contribution in [2.45, 2.75) is 38.9 Å². The van der Waals surface area contributed by atoms with Crippen LogP contribution in [0.4, 0.5) is 0 Å². The molecule has 0 radical (unpaired) electrons. The van der Waals surface area contributed by atoms with E-state index in [1.807, 2.05) is 6.92 Å². The van der Waals surface area contributed by atoms with Crippen LogP contribution < -0.4 is 0 Å². The first-order valence-corrected chi connectivity index (χ1v) is 6.63. The van der Waals surface area contributed by atoms with E-state index in [0.717, 1.165) is 19.6 Å². The standard InChI is InChI=1S/C15H22O2/c1-3-12-10-15(16-4-2)17-11-14(12)13-8-6-5-7-9-13/h5-9,12,14-15H,3-4,10-11H2,1-2H3/t12-,14-,15?/m1/s1. The summed E-state index contributed by atoms with van der Waals surface area (Å²) >= 11 is 0. The first-order valence-electron chi connectivity index (χ1n) is 6.63. The highest BCUT2D eigenvalue weighted by atomic mass is 16.7. The highest BCUT2D eigenvalue weighted by Gasteiger charge is 2.31. The van der Waals surface area contributed by atoms with E-state index in [2.05, 4.69) is 37.3 Å². The Kier molecular flexibility index (Phi) is 4.57. The van der Waals surface area contributed by atoms with Gasteiger partial charge in [0.25, 0.3) is 0 Å². The average Bonchev–Trinajstić information content (AvgIpc) is 2.40. The fourth-order valence-corrected chi connectivity index (χ4v) is 2.65. The Bertz CT molecular complexity index is 323. The second kappa shape index (κ2) is 6.18. The van der Waals surface area contributed by atoms with Gasteiger partial charge in [0.1, 0.15) is 0 Å². The molecule has 2 rings (SSSR count). The molecule has 0 spiro atoms. The topological polar surface area (TPSA) is 18.5 Å². The summed E-state index contributed by atoms with van der Waals surface area (Å²) in [5.41, 5.74) is 1.40. The van der Waals surface area contributed by atoms with Crippen molar-refractivity contribution in [3.05, 3.63) is 35.9 Å². The van der Waals surface area contributed by atoms with Gasteiger partial charge in [0.2, 0.25) is 0 Å². The molecule has 0 amide bonds. The molecule has 2 nitrogen and oxygen atoms in total. The molecule has 1 fully saturated rings. The Morgan fingerprint density at radius 1 is 1.24 bits per heavy atom. The predicted molar refractivity (Wildman–Crippen MR) is 68.9 cm³/mol. The molecule has 0 bridgehead atoms. The Hall–Kier alpha value is -0.860. The average molecular weight is 234 g/mol. The van der Waals surface area contributed by atoms with Gasteiger partial charge in [-0.1, -0.05) is 43.7 Å². The van der Waals surface area contributed by atoms with Gasteiger partial charge in [0.05, 0.1) is 6.61 Å². The maximum atomic E-state index is 5.80. The quantitative estimate of drug-likeness (QED) is 0.792. The summed E-state index contributed by atoms with van der Waals surface area (Å²) in [5, 5.41) is 0. The van der Waals surface area contributed by atoms with Crippen molar-refractivity contribution < 1.29 is 9.47 Å².